The van der Waals surface area contributed by atoms with E-state index in [1.165, 1.54) is 0 Å². The van der Waals surface area contributed by atoms with Crippen molar-refractivity contribution < 1.29 is 13.3 Å². The van der Waals surface area contributed by atoms with Gasteiger partial charge in [0, 0.05) is 33.9 Å². The van der Waals surface area contributed by atoms with Gasteiger partial charge in [-0.1, -0.05) is 6.92 Å². The normalized spacial score (nSPS) is 12.1. The lowest BCUT2D eigenvalue weighted by Crippen LogP contribution is -2.47. The molecular weight excluding hydrogens is 224 g/mol. The molecule has 0 aliphatic carbocycles. The molecule has 0 aromatic carbocycles. The number of aryl methyl sites for hydroxylation is 2. The second kappa shape index (κ2) is 5.58. The summed E-state index contributed by atoms with van der Waals surface area (Å²) in [6, 6.07) is 0. The van der Waals surface area contributed by atoms with Gasteiger partial charge >= 0.3 is 8.80 Å². The van der Waals surface area contributed by atoms with Crippen LogP contribution in [0.5, 0.6) is 0 Å². The summed E-state index contributed by atoms with van der Waals surface area (Å²) in [6.45, 7) is 4.05. The Bertz CT molecular complexity index is 329. The molecule has 0 N–H and O–H groups in total. The fourth-order valence-electron chi connectivity index (χ4n) is 1.67. The quantitative estimate of drug-likeness (QED) is 0.705. The van der Waals surface area contributed by atoms with Crippen LogP contribution in [0.2, 0.25) is 0 Å². The van der Waals surface area contributed by atoms with E-state index in [2.05, 4.69) is 16.5 Å². The Kier molecular flexibility index (Phi) is 4.66. The molecule has 0 aliphatic heterocycles. The largest absolute Gasteiger partial charge is 0.521 e. The van der Waals surface area contributed by atoms with Crippen LogP contribution in [0.1, 0.15) is 18.4 Å². The molecule has 1 aromatic rings. The number of rotatable bonds is 6. The maximum atomic E-state index is 5.39. The molecule has 16 heavy (non-hydrogen) atoms. The molecule has 0 bridgehead atoms. The molecule has 5 nitrogen and oxygen atoms in total. The van der Waals surface area contributed by atoms with Gasteiger partial charge in [-0.3, -0.25) is 0 Å². The minimum absolute atomic E-state index is 0.598. The molecule has 0 unspecified atom stereocenters. The monoisotopic (exact) mass is 244 g/mol. The van der Waals surface area contributed by atoms with Crippen molar-refractivity contribution in [2.45, 2.75) is 26.4 Å². The Morgan fingerprint density at radius 1 is 1.25 bits per heavy atom. The molecule has 0 atom stereocenters. The van der Waals surface area contributed by atoms with Crippen LogP contribution in [0, 0.1) is 6.92 Å². The van der Waals surface area contributed by atoms with Gasteiger partial charge in [0.1, 0.15) is 5.82 Å². The second-order valence-corrected chi connectivity index (χ2v) is 6.48. The first kappa shape index (κ1) is 13.4. The summed E-state index contributed by atoms with van der Waals surface area (Å²) in [5.41, 5.74) is 1.00. The molecule has 92 valence electrons. The van der Waals surface area contributed by atoms with Crippen molar-refractivity contribution >= 4 is 8.80 Å². The predicted molar refractivity (Wildman–Crippen MR) is 63.1 cm³/mol. The first-order valence-electron chi connectivity index (χ1n) is 5.29. The van der Waals surface area contributed by atoms with Gasteiger partial charge in [0.25, 0.3) is 0 Å². The van der Waals surface area contributed by atoms with E-state index in [4.69, 9.17) is 13.3 Å². The van der Waals surface area contributed by atoms with Gasteiger partial charge in [-0.05, 0) is 6.92 Å². The Balaban J connectivity index is 2.92. The van der Waals surface area contributed by atoms with Crippen molar-refractivity contribution in [3.63, 3.8) is 0 Å². The minimum atomic E-state index is -2.57. The average Bonchev–Trinajstić information content (AvgIpc) is 2.66. The number of imidazole rings is 1. The van der Waals surface area contributed by atoms with Crippen molar-refractivity contribution in [1.29, 1.82) is 0 Å². The Hall–Kier alpha value is -0.693. The van der Waals surface area contributed by atoms with Crippen LogP contribution in [0.15, 0.2) is 6.20 Å². The van der Waals surface area contributed by atoms with Crippen LogP contribution in [-0.4, -0.2) is 39.7 Å². The summed E-state index contributed by atoms with van der Waals surface area (Å²) in [7, 11) is 2.29. The first-order chi connectivity index (χ1) is 7.60. The number of hydrogen-bond acceptors (Lipinski definition) is 4. The lowest BCUT2D eigenvalue weighted by molar-refractivity contribution is 0.115. The number of nitrogens with zero attached hydrogens (tertiary/aromatic N) is 2. The molecule has 0 fully saturated rings. The van der Waals surface area contributed by atoms with Crippen LogP contribution >= 0.6 is 0 Å². The van der Waals surface area contributed by atoms with Crippen molar-refractivity contribution in [3.8, 4) is 0 Å². The van der Waals surface area contributed by atoms with E-state index >= 15 is 0 Å². The molecular formula is C10H20N2O3Si. The van der Waals surface area contributed by atoms with Gasteiger partial charge in [0.2, 0.25) is 0 Å². The Labute approximate surface area is 97.7 Å². The van der Waals surface area contributed by atoms with E-state index in [1.54, 1.807) is 21.3 Å². The highest BCUT2D eigenvalue weighted by atomic mass is 28.4. The molecule has 1 rings (SSSR count). The Morgan fingerprint density at radius 2 is 1.81 bits per heavy atom. The third-order valence-electron chi connectivity index (χ3n) is 2.59. The molecule has 0 radical (unpaired) electrons. The summed E-state index contributed by atoms with van der Waals surface area (Å²) in [5, 5.41) is 0. The molecule has 0 amide bonds. The zero-order valence-corrected chi connectivity index (χ0v) is 11.6. The van der Waals surface area contributed by atoms with Gasteiger partial charge < -0.3 is 17.8 Å². The third kappa shape index (κ3) is 2.70. The minimum Gasteiger partial charge on any atom is -0.376 e. The molecule has 1 heterocycles. The van der Waals surface area contributed by atoms with Crippen molar-refractivity contribution in [1.82, 2.24) is 9.55 Å². The number of aromatic nitrogens is 2. The number of hydrogen-bond donors (Lipinski definition) is 0. The van der Waals surface area contributed by atoms with Crippen LogP contribution in [-0.2, 0) is 25.9 Å². The van der Waals surface area contributed by atoms with Gasteiger partial charge in [-0.2, -0.15) is 0 Å². The highest BCUT2D eigenvalue weighted by Crippen LogP contribution is 2.12. The van der Waals surface area contributed by atoms with Gasteiger partial charge in [-0.15, -0.1) is 0 Å². The SMILES string of the molecule is CCc1nc(C)cn1C[Si](OC)(OC)OC. The molecule has 0 aliphatic rings. The summed E-state index contributed by atoms with van der Waals surface area (Å²) < 4.78 is 18.2. The predicted octanol–water partition coefficient (Wildman–Crippen LogP) is 1.17. The second-order valence-electron chi connectivity index (χ2n) is 3.58. The fraction of sp³-hybridized carbons (Fsp3) is 0.700. The molecule has 0 saturated heterocycles. The van der Waals surface area contributed by atoms with Gasteiger partial charge in [0.15, 0.2) is 0 Å². The Morgan fingerprint density at radius 3 is 2.25 bits per heavy atom. The fourth-order valence-corrected chi connectivity index (χ4v) is 3.25. The van der Waals surface area contributed by atoms with E-state index < -0.39 is 8.80 Å². The first-order valence-corrected chi connectivity index (χ1v) is 7.22. The summed E-state index contributed by atoms with van der Waals surface area (Å²) in [6.07, 6.45) is 3.48. The molecule has 0 spiro atoms. The maximum absolute atomic E-state index is 5.39. The lowest BCUT2D eigenvalue weighted by Gasteiger charge is -2.25. The molecule has 1 aromatic heterocycles. The molecule has 6 heteroatoms. The van der Waals surface area contributed by atoms with Crippen molar-refractivity contribution in [2.75, 3.05) is 21.3 Å². The van der Waals surface area contributed by atoms with Crippen LogP contribution in [0.3, 0.4) is 0 Å². The highest BCUT2D eigenvalue weighted by molar-refractivity contribution is 6.59. The van der Waals surface area contributed by atoms with Crippen molar-refractivity contribution in [2.24, 2.45) is 0 Å². The highest BCUT2D eigenvalue weighted by Gasteiger charge is 2.39. The summed E-state index contributed by atoms with van der Waals surface area (Å²) in [5.74, 6) is 1.03. The standard InChI is InChI=1S/C10H20N2O3Si/c1-6-10-11-9(2)7-12(10)8-16(13-3,14-4)15-5/h7H,6,8H2,1-5H3. The molecule has 0 saturated carbocycles. The third-order valence-corrected chi connectivity index (χ3v) is 5.19. The van der Waals surface area contributed by atoms with E-state index in [9.17, 15) is 0 Å². The van der Waals surface area contributed by atoms with Crippen LogP contribution in [0.25, 0.3) is 0 Å². The average molecular weight is 244 g/mol. The van der Waals surface area contributed by atoms with E-state index in [1.807, 2.05) is 13.1 Å². The van der Waals surface area contributed by atoms with Crippen LogP contribution in [0.4, 0.5) is 0 Å². The summed E-state index contributed by atoms with van der Waals surface area (Å²) in [4.78, 5) is 4.43. The van der Waals surface area contributed by atoms with Crippen LogP contribution < -0.4 is 0 Å². The lowest BCUT2D eigenvalue weighted by atomic mass is 10.5. The van der Waals surface area contributed by atoms with Gasteiger partial charge in [-0.25, -0.2) is 4.98 Å². The summed E-state index contributed by atoms with van der Waals surface area (Å²) >= 11 is 0. The van der Waals surface area contributed by atoms with E-state index in [0.29, 0.717) is 6.17 Å². The zero-order valence-electron chi connectivity index (χ0n) is 10.6. The van der Waals surface area contributed by atoms with Crippen molar-refractivity contribution in [3.05, 3.63) is 17.7 Å². The van der Waals surface area contributed by atoms with E-state index in [0.717, 1.165) is 17.9 Å². The van der Waals surface area contributed by atoms with E-state index in [-0.39, 0.29) is 0 Å². The topological polar surface area (TPSA) is 45.5 Å². The smallest absolute Gasteiger partial charge is 0.376 e. The zero-order chi connectivity index (χ0) is 12.2. The maximum Gasteiger partial charge on any atom is 0.521 e. The van der Waals surface area contributed by atoms with Gasteiger partial charge in [0.05, 0.1) is 11.9 Å².